The molecule has 0 aliphatic carbocycles. The van der Waals surface area contributed by atoms with E-state index in [1.54, 1.807) is 11.1 Å². The van der Waals surface area contributed by atoms with Crippen molar-refractivity contribution in [2.24, 2.45) is 0 Å². The average molecular weight is 312 g/mol. The van der Waals surface area contributed by atoms with Gasteiger partial charge in [-0.2, -0.15) is 0 Å². The van der Waals surface area contributed by atoms with Gasteiger partial charge in [-0.1, -0.05) is 6.07 Å². The summed E-state index contributed by atoms with van der Waals surface area (Å²) >= 11 is 0. The summed E-state index contributed by atoms with van der Waals surface area (Å²) in [5.41, 5.74) is 0.786. The van der Waals surface area contributed by atoms with Gasteiger partial charge in [-0.25, -0.2) is 17.9 Å². The van der Waals surface area contributed by atoms with Crippen LogP contribution in [0.25, 0.3) is 0 Å². The zero-order valence-corrected chi connectivity index (χ0v) is 12.8. The van der Waals surface area contributed by atoms with Gasteiger partial charge in [0.15, 0.2) is 0 Å². The minimum absolute atomic E-state index is 0.194. The monoisotopic (exact) mass is 312 g/mol. The Kier molecular flexibility index (Phi) is 5.13. The van der Waals surface area contributed by atoms with E-state index in [4.69, 9.17) is 0 Å². The molecule has 1 atom stereocenters. The molecule has 1 fully saturated rings. The first-order valence-electron chi connectivity index (χ1n) is 6.84. The number of carbonyl (C=O) groups excluding carboxylic acids is 1. The number of hydrogen-bond donors (Lipinski definition) is 2. The van der Waals surface area contributed by atoms with Gasteiger partial charge in [-0.15, -0.1) is 0 Å². The van der Waals surface area contributed by atoms with Crippen molar-refractivity contribution < 1.29 is 13.2 Å². The summed E-state index contributed by atoms with van der Waals surface area (Å²) in [5, 5.41) is 2.80. The van der Waals surface area contributed by atoms with E-state index < -0.39 is 10.0 Å². The summed E-state index contributed by atoms with van der Waals surface area (Å²) in [7, 11) is -3.25. The molecule has 0 saturated carbocycles. The number of nitrogens with one attached hydrogen (secondary N) is 2. The van der Waals surface area contributed by atoms with Crippen molar-refractivity contribution in [3.8, 4) is 0 Å². The second kappa shape index (κ2) is 6.86. The second-order valence-corrected chi connectivity index (χ2v) is 6.93. The molecule has 2 heterocycles. The fraction of sp³-hybridized carbons (Fsp3) is 0.538. The van der Waals surface area contributed by atoms with Crippen LogP contribution in [0, 0.1) is 0 Å². The van der Waals surface area contributed by atoms with Crippen LogP contribution < -0.4 is 10.0 Å². The molecule has 1 aliphatic rings. The number of likely N-dealkylation sites (tertiary alicyclic amines) is 1. The maximum Gasteiger partial charge on any atom is 0.317 e. The van der Waals surface area contributed by atoms with Crippen LogP contribution in [0.3, 0.4) is 0 Å². The Morgan fingerprint density at radius 3 is 2.95 bits per heavy atom. The zero-order chi connectivity index (χ0) is 15.3. The molecule has 2 N–H and O–H groups in total. The molecule has 21 heavy (non-hydrogen) atoms. The molecule has 0 aromatic carbocycles. The number of pyridine rings is 1. The highest BCUT2D eigenvalue weighted by Gasteiger charge is 2.25. The molecule has 2 amide bonds. The number of urea groups is 1. The first-order chi connectivity index (χ1) is 9.94. The Balaban J connectivity index is 1.84. The van der Waals surface area contributed by atoms with Gasteiger partial charge in [0.2, 0.25) is 10.0 Å². The van der Waals surface area contributed by atoms with E-state index in [2.05, 4.69) is 15.0 Å². The summed E-state index contributed by atoms with van der Waals surface area (Å²) in [6.07, 6.45) is 4.34. The summed E-state index contributed by atoms with van der Waals surface area (Å²) in [6.45, 7) is 1.39. The molecule has 1 aliphatic heterocycles. The van der Waals surface area contributed by atoms with Crippen molar-refractivity contribution in [2.45, 2.75) is 25.4 Å². The molecule has 1 aromatic rings. The molecule has 2 rings (SSSR count). The zero-order valence-electron chi connectivity index (χ0n) is 11.9. The lowest BCUT2D eigenvalue weighted by molar-refractivity contribution is 0.177. The van der Waals surface area contributed by atoms with Crippen LogP contribution in [0.2, 0.25) is 0 Å². The summed E-state index contributed by atoms with van der Waals surface area (Å²) in [5.74, 6) is 0. The maximum atomic E-state index is 12.1. The third kappa shape index (κ3) is 5.31. The summed E-state index contributed by atoms with van der Waals surface area (Å²) in [6, 6.07) is 5.11. The number of nitrogens with zero attached hydrogens (tertiary/aromatic N) is 2. The quantitative estimate of drug-likeness (QED) is 0.837. The van der Waals surface area contributed by atoms with Gasteiger partial charge in [-0.3, -0.25) is 4.98 Å². The highest BCUT2D eigenvalue weighted by atomic mass is 32.2. The van der Waals surface area contributed by atoms with Crippen LogP contribution in [0.1, 0.15) is 18.5 Å². The minimum atomic E-state index is -3.25. The molecule has 1 saturated heterocycles. The average Bonchev–Trinajstić information content (AvgIpc) is 2.44. The number of amides is 2. The van der Waals surface area contributed by atoms with Gasteiger partial charge in [0.25, 0.3) is 0 Å². The highest BCUT2D eigenvalue weighted by molar-refractivity contribution is 7.88. The number of piperidine rings is 1. The van der Waals surface area contributed by atoms with Gasteiger partial charge in [0.1, 0.15) is 0 Å². The Morgan fingerprint density at radius 2 is 2.29 bits per heavy atom. The number of sulfonamides is 1. The van der Waals surface area contributed by atoms with E-state index in [0.29, 0.717) is 19.6 Å². The van der Waals surface area contributed by atoms with Crippen LogP contribution in [0.15, 0.2) is 24.4 Å². The van der Waals surface area contributed by atoms with E-state index in [1.165, 1.54) is 0 Å². The maximum absolute atomic E-state index is 12.1. The van der Waals surface area contributed by atoms with Crippen molar-refractivity contribution in [1.29, 1.82) is 0 Å². The van der Waals surface area contributed by atoms with Gasteiger partial charge in [0, 0.05) is 25.3 Å². The number of carbonyl (C=O) groups is 1. The van der Waals surface area contributed by atoms with Gasteiger partial charge >= 0.3 is 6.03 Å². The van der Waals surface area contributed by atoms with Crippen molar-refractivity contribution in [3.05, 3.63) is 30.1 Å². The largest absolute Gasteiger partial charge is 0.332 e. The lowest BCUT2D eigenvalue weighted by atomic mass is 10.1. The summed E-state index contributed by atoms with van der Waals surface area (Å²) < 4.78 is 25.1. The van der Waals surface area contributed by atoms with Crippen LogP contribution >= 0.6 is 0 Å². The van der Waals surface area contributed by atoms with Crippen molar-refractivity contribution in [2.75, 3.05) is 19.3 Å². The van der Waals surface area contributed by atoms with E-state index in [-0.39, 0.29) is 12.1 Å². The molecule has 1 unspecified atom stereocenters. The SMILES string of the molecule is CS(=O)(=O)NC1CCCN(C(=O)NCc2ccccn2)C1. The Hall–Kier alpha value is -1.67. The van der Waals surface area contributed by atoms with Crippen LogP contribution in [0.4, 0.5) is 4.79 Å². The lowest BCUT2D eigenvalue weighted by Crippen LogP contribution is -2.51. The predicted octanol–water partition coefficient (Wildman–Crippen LogP) is 0.305. The topological polar surface area (TPSA) is 91.4 Å². The van der Waals surface area contributed by atoms with Crippen molar-refractivity contribution >= 4 is 16.1 Å². The molecule has 0 radical (unpaired) electrons. The Bertz CT molecular complexity index is 576. The Labute approximate surface area is 124 Å². The van der Waals surface area contributed by atoms with Gasteiger partial charge in [0.05, 0.1) is 18.5 Å². The molecular weight excluding hydrogens is 292 g/mol. The third-order valence-electron chi connectivity index (χ3n) is 3.24. The molecule has 1 aromatic heterocycles. The van der Waals surface area contributed by atoms with E-state index >= 15 is 0 Å². The third-order valence-corrected chi connectivity index (χ3v) is 4.00. The van der Waals surface area contributed by atoms with Gasteiger partial charge < -0.3 is 10.2 Å². The summed E-state index contributed by atoms with van der Waals surface area (Å²) in [4.78, 5) is 17.9. The number of rotatable bonds is 4. The molecular formula is C13H20N4O3S. The normalized spacial score (nSPS) is 19.3. The number of aromatic nitrogens is 1. The number of hydrogen-bond acceptors (Lipinski definition) is 4. The minimum Gasteiger partial charge on any atom is -0.332 e. The molecule has 8 heteroatoms. The standard InChI is InChI=1S/C13H20N4O3S/c1-21(19,20)16-12-6-4-8-17(10-12)13(18)15-9-11-5-2-3-7-14-11/h2-3,5,7,12,16H,4,6,8-10H2,1H3,(H,15,18). The van der Waals surface area contributed by atoms with E-state index in [9.17, 15) is 13.2 Å². The lowest BCUT2D eigenvalue weighted by Gasteiger charge is -2.32. The van der Waals surface area contributed by atoms with Crippen LogP contribution in [0.5, 0.6) is 0 Å². The van der Waals surface area contributed by atoms with Crippen molar-refractivity contribution in [1.82, 2.24) is 19.9 Å². The molecule has 7 nitrogen and oxygen atoms in total. The van der Waals surface area contributed by atoms with E-state index in [0.717, 1.165) is 24.8 Å². The molecule has 116 valence electrons. The van der Waals surface area contributed by atoms with Gasteiger partial charge in [-0.05, 0) is 25.0 Å². The second-order valence-electron chi connectivity index (χ2n) is 5.15. The fourth-order valence-corrected chi connectivity index (χ4v) is 3.14. The Morgan fingerprint density at radius 1 is 1.48 bits per heavy atom. The van der Waals surface area contributed by atoms with Crippen LogP contribution in [-0.4, -0.2) is 49.7 Å². The first kappa shape index (κ1) is 15.7. The fourth-order valence-electron chi connectivity index (χ4n) is 2.34. The molecule has 0 spiro atoms. The molecule has 0 bridgehead atoms. The van der Waals surface area contributed by atoms with E-state index in [1.807, 2.05) is 18.2 Å². The smallest absolute Gasteiger partial charge is 0.317 e. The predicted molar refractivity (Wildman–Crippen MR) is 79.0 cm³/mol. The van der Waals surface area contributed by atoms with Crippen molar-refractivity contribution in [3.63, 3.8) is 0 Å². The van der Waals surface area contributed by atoms with Crippen LogP contribution in [-0.2, 0) is 16.6 Å². The highest BCUT2D eigenvalue weighted by Crippen LogP contribution is 2.11. The first-order valence-corrected chi connectivity index (χ1v) is 8.73.